The third-order valence-corrected chi connectivity index (χ3v) is 5.23. The van der Waals surface area contributed by atoms with Crippen LogP contribution in [0.15, 0.2) is 22.9 Å². The standard InChI is InChI=1S/C18H22BrN3O5/c1-2-26-17(24)15-11-27-18(25)22(15)14-3-5-21(6-4-14)16(23)8-12-7-13(19)10-20-9-12/h7,9-10,14-15H,2-6,8,11H2,1H3. The van der Waals surface area contributed by atoms with Gasteiger partial charge in [0.15, 0.2) is 6.04 Å². The smallest absolute Gasteiger partial charge is 0.410 e. The monoisotopic (exact) mass is 439 g/mol. The number of rotatable bonds is 5. The quantitative estimate of drug-likeness (QED) is 0.649. The van der Waals surface area contributed by atoms with Crippen molar-refractivity contribution in [2.45, 2.75) is 38.3 Å². The van der Waals surface area contributed by atoms with Crippen LogP contribution in [0.4, 0.5) is 4.79 Å². The van der Waals surface area contributed by atoms with Crippen LogP contribution in [0.2, 0.25) is 0 Å². The lowest BCUT2D eigenvalue weighted by Crippen LogP contribution is -2.52. The van der Waals surface area contributed by atoms with Gasteiger partial charge >= 0.3 is 12.1 Å². The molecule has 3 heterocycles. The summed E-state index contributed by atoms with van der Waals surface area (Å²) < 4.78 is 10.9. The van der Waals surface area contributed by atoms with Crippen LogP contribution in [0.1, 0.15) is 25.3 Å². The van der Waals surface area contributed by atoms with Gasteiger partial charge in [0.05, 0.1) is 13.0 Å². The molecular weight excluding hydrogens is 418 g/mol. The number of piperidine rings is 1. The molecule has 3 rings (SSSR count). The maximum absolute atomic E-state index is 12.5. The highest BCUT2D eigenvalue weighted by molar-refractivity contribution is 9.10. The Bertz CT molecular complexity index is 721. The highest BCUT2D eigenvalue weighted by Crippen LogP contribution is 2.25. The lowest BCUT2D eigenvalue weighted by Gasteiger charge is -2.37. The summed E-state index contributed by atoms with van der Waals surface area (Å²) in [7, 11) is 0. The molecule has 27 heavy (non-hydrogen) atoms. The molecule has 2 aliphatic rings. The molecule has 0 bridgehead atoms. The van der Waals surface area contributed by atoms with Gasteiger partial charge in [-0.25, -0.2) is 9.59 Å². The maximum Gasteiger partial charge on any atom is 0.410 e. The van der Waals surface area contributed by atoms with Crippen molar-refractivity contribution in [3.8, 4) is 0 Å². The van der Waals surface area contributed by atoms with E-state index in [9.17, 15) is 14.4 Å². The predicted molar refractivity (Wildman–Crippen MR) is 98.9 cm³/mol. The molecule has 9 heteroatoms. The van der Waals surface area contributed by atoms with Crippen LogP contribution in [-0.2, 0) is 25.5 Å². The van der Waals surface area contributed by atoms with Crippen molar-refractivity contribution in [1.82, 2.24) is 14.8 Å². The fraction of sp³-hybridized carbons (Fsp3) is 0.556. The first-order valence-electron chi connectivity index (χ1n) is 8.98. The topological polar surface area (TPSA) is 89.0 Å². The highest BCUT2D eigenvalue weighted by atomic mass is 79.9. The number of hydrogen-bond donors (Lipinski definition) is 0. The highest BCUT2D eigenvalue weighted by Gasteiger charge is 2.44. The summed E-state index contributed by atoms with van der Waals surface area (Å²) in [5.41, 5.74) is 0.849. The number of carbonyl (C=O) groups excluding carboxylic acids is 3. The number of carbonyl (C=O) groups is 3. The lowest BCUT2D eigenvalue weighted by atomic mass is 10.0. The van der Waals surface area contributed by atoms with E-state index in [1.807, 2.05) is 6.07 Å². The van der Waals surface area contributed by atoms with Crippen LogP contribution in [0.25, 0.3) is 0 Å². The average Bonchev–Trinajstić information content (AvgIpc) is 3.03. The van der Waals surface area contributed by atoms with E-state index in [1.54, 1.807) is 24.2 Å². The molecule has 1 unspecified atom stereocenters. The number of likely N-dealkylation sites (tertiary alicyclic amines) is 1. The molecule has 1 aromatic heterocycles. The van der Waals surface area contributed by atoms with Gasteiger partial charge in [-0.2, -0.15) is 0 Å². The Morgan fingerprint density at radius 3 is 2.74 bits per heavy atom. The first-order chi connectivity index (χ1) is 13.0. The summed E-state index contributed by atoms with van der Waals surface area (Å²) in [5, 5.41) is 0. The van der Waals surface area contributed by atoms with Crippen LogP contribution < -0.4 is 0 Å². The second-order valence-electron chi connectivity index (χ2n) is 6.55. The fourth-order valence-electron chi connectivity index (χ4n) is 3.49. The Morgan fingerprint density at radius 1 is 1.33 bits per heavy atom. The van der Waals surface area contributed by atoms with E-state index in [2.05, 4.69) is 20.9 Å². The van der Waals surface area contributed by atoms with Gasteiger partial charge in [-0.05, 0) is 47.3 Å². The molecule has 0 spiro atoms. The van der Waals surface area contributed by atoms with Gasteiger partial charge in [0.1, 0.15) is 6.61 Å². The summed E-state index contributed by atoms with van der Waals surface area (Å²) in [6.45, 7) is 3.07. The first-order valence-corrected chi connectivity index (χ1v) is 9.77. The molecular formula is C18H22BrN3O5. The van der Waals surface area contributed by atoms with Crippen LogP contribution >= 0.6 is 15.9 Å². The third kappa shape index (κ3) is 4.58. The van der Waals surface area contributed by atoms with Crippen LogP contribution in [0, 0.1) is 0 Å². The van der Waals surface area contributed by atoms with Gasteiger partial charge in [-0.3, -0.25) is 14.7 Å². The molecule has 0 aromatic carbocycles. The summed E-state index contributed by atoms with van der Waals surface area (Å²) in [4.78, 5) is 44.0. The molecule has 2 amide bonds. The number of nitrogens with zero attached hydrogens (tertiary/aromatic N) is 3. The van der Waals surface area contributed by atoms with Crippen molar-refractivity contribution < 1.29 is 23.9 Å². The Kier molecular flexibility index (Phi) is 6.30. The van der Waals surface area contributed by atoms with Crippen molar-refractivity contribution >= 4 is 33.9 Å². The zero-order valence-electron chi connectivity index (χ0n) is 15.1. The van der Waals surface area contributed by atoms with Gasteiger partial charge in [-0.15, -0.1) is 0 Å². The number of cyclic esters (lactones) is 1. The molecule has 146 valence electrons. The summed E-state index contributed by atoms with van der Waals surface area (Å²) in [5.74, 6) is -0.414. The number of esters is 1. The van der Waals surface area contributed by atoms with Gasteiger partial charge in [0, 0.05) is 36.0 Å². The Morgan fingerprint density at radius 2 is 2.07 bits per heavy atom. The minimum absolute atomic E-state index is 0.0205. The number of hydrogen-bond acceptors (Lipinski definition) is 6. The lowest BCUT2D eigenvalue weighted by molar-refractivity contribution is -0.149. The van der Waals surface area contributed by atoms with E-state index in [0.29, 0.717) is 25.9 Å². The minimum Gasteiger partial charge on any atom is -0.464 e. The molecule has 8 nitrogen and oxygen atoms in total. The van der Waals surface area contributed by atoms with E-state index < -0.39 is 18.1 Å². The van der Waals surface area contributed by atoms with E-state index in [0.717, 1.165) is 10.0 Å². The summed E-state index contributed by atoms with van der Waals surface area (Å²) in [6.07, 6.45) is 4.36. The van der Waals surface area contributed by atoms with E-state index in [1.165, 1.54) is 4.90 Å². The average molecular weight is 440 g/mol. The largest absolute Gasteiger partial charge is 0.464 e. The van der Waals surface area contributed by atoms with E-state index in [4.69, 9.17) is 9.47 Å². The van der Waals surface area contributed by atoms with E-state index in [-0.39, 0.29) is 31.6 Å². The molecule has 0 radical (unpaired) electrons. The van der Waals surface area contributed by atoms with Crippen molar-refractivity contribution in [1.29, 1.82) is 0 Å². The Labute approximate surface area is 165 Å². The molecule has 2 saturated heterocycles. The molecule has 0 N–H and O–H groups in total. The summed E-state index contributed by atoms with van der Waals surface area (Å²) in [6, 6.07) is 1.05. The normalized spacial score (nSPS) is 20.5. The van der Waals surface area contributed by atoms with Gasteiger partial charge < -0.3 is 14.4 Å². The summed E-state index contributed by atoms with van der Waals surface area (Å²) >= 11 is 3.35. The molecule has 2 aliphatic heterocycles. The van der Waals surface area contributed by atoms with Gasteiger partial charge in [0.2, 0.25) is 5.91 Å². The first kappa shape index (κ1) is 19.6. The van der Waals surface area contributed by atoms with Crippen molar-refractivity contribution in [3.63, 3.8) is 0 Å². The predicted octanol–water partition coefficient (Wildman–Crippen LogP) is 1.76. The minimum atomic E-state index is -0.697. The van der Waals surface area contributed by atoms with Crippen molar-refractivity contribution in [3.05, 3.63) is 28.5 Å². The van der Waals surface area contributed by atoms with Gasteiger partial charge in [-0.1, -0.05) is 0 Å². The number of pyridine rings is 1. The number of amides is 2. The molecule has 1 atom stereocenters. The molecule has 0 saturated carbocycles. The molecule has 0 aliphatic carbocycles. The second kappa shape index (κ2) is 8.69. The maximum atomic E-state index is 12.5. The second-order valence-corrected chi connectivity index (χ2v) is 7.47. The molecule has 1 aromatic rings. The van der Waals surface area contributed by atoms with Crippen LogP contribution in [0.3, 0.4) is 0 Å². The fourth-order valence-corrected chi connectivity index (χ4v) is 3.90. The number of aromatic nitrogens is 1. The Balaban J connectivity index is 1.57. The third-order valence-electron chi connectivity index (χ3n) is 4.80. The van der Waals surface area contributed by atoms with E-state index >= 15 is 0 Å². The van der Waals surface area contributed by atoms with Crippen molar-refractivity contribution in [2.75, 3.05) is 26.3 Å². The zero-order valence-corrected chi connectivity index (χ0v) is 16.7. The van der Waals surface area contributed by atoms with Crippen LogP contribution in [-0.4, -0.2) is 71.1 Å². The number of halogens is 1. The number of ether oxygens (including phenoxy) is 2. The molecule has 2 fully saturated rings. The van der Waals surface area contributed by atoms with Crippen LogP contribution in [0.5, 0.6) is 0 Å². The van der Waals surface area contributed by atoms with Crippen molar-refractivity contribution in [2.24, 2.45) is 0 Å². The SMILES string of the molecule is CCOC(=O)C1COC(=O)N1C1CCN(C(=O)Cc2cncc(Br)c2)CC1. The zero-order chi connectivity index (χ0) is 19.4. The van der Waals surface area contributed by atoms with Gasteiger partial charge in [0.25, 0.3) is 0 Å². The Hall–Kier alpha value is -2.16.